The number of rotatable bonds is 2. The average molecular weight is 255 g/mol. The number of anilines is 1. The Morgan fingerprint density at radius 2 is 2.06 bits per heavy atom. The van der Waals surface area contributed by atoms with Crippen LogP contribution >= 0.6 is 12.4 Å². The summed E-state index contributed by atoms with van der Waals surface area (Å²) in [6.07, 6.45) is 2.94. The van der Waals surface area contributed by atoms with Crippen LogP contribution in [0.3, 0.4) is 0 Å². The van der Waals surface area contributed by atoms with Crippen molar-refractivity contribution in [2.24, 2.45) is 11.7 Å². The Balaban J connectivity index is 0.00000144. The molecule has 1 saturated carbocycles. The summed E-state index contributed by atoms with van der Waals surface area (Å²) in [5.74, 6) is 0.0545. The number of nitrogens with two attached hydrogens (primary N) is 1. The number of amides is 1. The first kappa shape index (κ1) is 14.0. The van der Waals surface area contributed by atoms with E-state index in [0.29, 0.717) is 0 Å². The van der Waals surface area contributed by atoms with E-state index >= 15 is 0 Å². The van der Waals surface area contributed by atoms with Crippen molar-refractivity contribution >= 4 is 24.0 Å². The maximum Gasteiger partial charge on any atom is 0.229 e. The van der Waals surface area contributed by atoms with Gasteiger partial charge < -0.3 is 11.1 Å². The quantitative estimate of drug-likeness (QED) is 0.852. The van der Waals surface area contributed by atoms with Crippen LogP contribution in [0.25, 0.3) is 0 Å². The molecule has 0 bridgehead atoms. The highest BCUT2D eigenvalue weighted by atomic mass is 35.5. The molecule has 3 nitrogen and oxygen atoms in total. The number of nitrogens with one attached hydrogen (secondary N) is 1. The molecule has 1 aromatic rings. The van der Waals surface area contributed by atoms with Gasteiger partial charge in [-0.15, -0.1) is 12.4 Å². The molecule has 1 amide bonds. The predicted molar refractivity (Wildman–Crippen MR) is 72.4 cm³/mol. The maximum atomic E-state index is 12.0. The van der Waals surface area contributed by atoms with Gasteiger partial charge in [-0.1, -0.05) is 24.6 Å². The normalized spacial score (nSPS) is 22.9. The third-order valence-electron chi connectivity index (χ3n) is 3.31. The van der Waals surface area contributed by atoms with Crippen molar-refractivity contribution in [3.63, 3.8) is 0 Å². The van der Waals surface area contributed by atoms with Crippen molar-refractivity contribution in [1.29, 1.82) is 0 Å². The fourth-order valence-corrected chi connectivity index (χ4v) is 2.25. The molecule has 0 aromatic heterocycles. The van der Waals surface area contributed by atoms with Gasteiger partial charge in [-0.2, -0.15) is 0 Å². The van der Waals surface area contributed by atoms with E-state index in [2.05, 4.69) is 5.32 Å². The van der Waals surface area contributed by atoms with E-state index < -0.39 is 0 Å². The lowest BCUT2D eigenvalue weighted by Gasteiger charge is -2.16. The third kappa shape index (κ3) is 3.20. The third-order valence-corrected chi connectivity index (χ3v) is 3.31. The van der Waals surface area contributed by atoms with Gasteiger partial charge in [0.1, 0.15) is 0 Å². The molecular formula is C13H19ClN2O. The predicted octanol–water partition coefficient (Wildman–Crippen LogP) is 2.48. The molecule has 1 aliphatic carbocycles. The first-order chi connectivity index (χ1) is 7.68. The lowest BCUT2D eigenvalue weighted by molar-refractivity contribution is -0.120. The van der Waals surface area contributed by atoms with Crippen LogP contribution in [0, 0.1) is 12.8 Å². The number of hydrogen-bond acceptors (Lipinski definition) is 2. The van der Waals surface area contributed by atoms with E-state index in [1.807, 2.05) is 31.2 Å². The number of para-hydroxylation sites is 1. The van der Waals surface area contributed by atoms with E-state index in [4.69, 9.17) is 5.73 Å². The van der Waals surface area contributed by atoms with E-state index in [-0.39, 0.29) is 30.3 Å². The lowest BCUT2D eigenvalue weighted by atomic mass is 10.0. The number of halogens is 1. The molecule has 2 rings (SSSR count). The molecule has 0 heterocycles. The van der Waals surface area contributed by atoms with Gasteiger partial charge in [-0.05, 0) is 31.4 Å². The molecule has 1 aliphatic rings. The largest absolute Gasteiger partial charge is 0.327 e. The topological polar surface area (TPSA) is 55.1 Å². The first-order valence-corrected chi connectivity index (χ1v) is 5.80. The molecule has 1 aromatic carbocycles. The number of carbonyl (C=O) groups is 1. The van der Waals surface area contributed by atoms with E-state index in [1.54, 1.807) is 0 Å². The average Bonchev–Trinajstić information content (AvgIpc) is 2.68. The molecule has 17 heavy (non-hydrogen) atoms. The van der Waals surface area contributed by atoms with Crippen LogP contribution in [0.2, 0.25) is 0 Å². The first-order valence-electron chi connectivity index (χ1n) is 5.80. The fraction of sp³-hybridized carbons (Fsp3) is 0.462. The van der Waals surface area contributed by atoms with Gasteiger partial charge in [-0.25, -0.2) is 0 Å². The van der Waals surface area contributed by atoms with E-state index in [1.165, 1.54) is 0 Å². The second kappa shape index (κ2) is 6.03. The van der Waals surface area contributed by atoms with Crippen LogP contribution < -0.4 is 11.1 Å². The Morgan fingerprint density at radius 1 is 1.35 bits per heavy atom. The second-order valence-corrected chi connectivity index (χ2v) is 4.51. The molecule has 0 spiro atoms. The molecule has 94 valence electrons. The summed E-state index contributed by atoms with van der Waals surface area (Å²) in [6.45, 7) is 1.99. The summed E-state index contributed by atoms with van der Waals surface area (Å²) < 4.78 is 0. The summed E-state index contributed by atoms with van der Waals surface area (Å²) >= 11 is 0. The molecule has 1 fully saturated rings. The van der Waals surface area contributed by atoms with Gasteiger partial charge in [0.15, 0.2) is 0 Å². The van der Waals surface area contributed by atoms with Gasteiger partial charge >= 0.3 is 0 Å². The molecule has 3 N–H and O–H groups in total. The monoisotopic (exact) mass is 254 g/mol. The molecule has 2 atom stereocenters. The van der Waals surface area contributed by atoms with Crippen molar-refractivity contribution in [1.82, 2.24) is 0 Å². The number of benzene rings is 1. The molecule has 0 aliphatic heterocycles. The smallest absolute Gasteiger partial charge is 0.229 e. The van der Waals surface area contributed by atoms with Crippen LogP contribution in [-0.4, -0.2) is 11.9 Å². The molecule has 0 radical (unpaired) electrons. The van der Waals surface area contributed by atoms with Crippen molar-refractivity contribution in [3.8, 4) is 0 Å². The summed E-state index contributed by atoms with van der Waals surface area (Å²) in [4.78, 5) is 12.0. The Morgan fingerprint density at radius 3 is 2.65 bits per heavy atom. The lowest BCUT2D eigenvalue weighted by Crippen LogP contribution is -2.34. The summed E-state index contributed by atoms with van der Waals surface area (Å²) in [5, 5.41) is 2.96. The van der Waals surface area contributed by atoms with Crippen molar-refractivity contribution < 1.29 is 4.79 Å². The van der Waals surface area contributed by atoms with Crippen LogP contribution in [0.5, 0.6) is 0 Å². The van der Waals surface area contributed by atoms with Crippen LogP contribution in [0.1, 0.15) is 24.8 Å². The Bertz CT molecular complexity index is 395. The van der Waals surface area contributed by atoms with Gasteiger partial charge in [0.25, 0.3) is 0 Å². The fourth-order valence-electron chi connectivity index (χ4n) is 2.25. The maximum absolute atomic E-state index is 12.0. The minimum Gasteiger partial charge on any atom is -0.327 e. The number of carbonyl (C=O) groups excluding carboxylic acids is 1. The molecule has 2 unspecified atom stereocenters. The van der Waals surface area contributed by atoms with Gasteiger partial charge in [0.05, 0.1) is 5.92 Å². The summed E-state index contributed by atoms with van der Waals surface area (Å²) in [6, 6.07) is 7.84. The molecule has 4 heteroatoms. The highest BCUT2D eigenvalue weighted by Gasteiger charge is 2.30. The number of hydrogen-bond donors (Lipinski definition) is 2. The zero-order valence-electron chi connectivity index (χ0n) is 9.98. The van der Waals surface area contributed by atoms with E-state index in [9.17, 15) is 4.79 Å². The van der Waals surface area contributed by atoms with Gasteiger partial charge in [0, 0.05) is 11.7 Å². The van der Waals surface area contributed by atoms with Crippen LogP contribution in [-0.2, 0) is 4.79 Å². The number of aryl methyl sites for hydroxylation is 1. The molecular weight excluding hydrogens is 236 g/mol. The second-order valence-electron chi connectivity index (χ2n) is 4.51. The Kier molecular flexibility index (Phi) is 4.97. The van der Waals surface area contributed by atoms with Gasteiger partial charge in [-0.3, -0.25) is 4.79 Å². The summed E-state index contributed by atoms with van der Waals surface area (Å²) in [7, 11) is 0. The van der Waals surface area contributed by atoms with Crippen molar-refractivity contribution in [3.05, 3.63) is 29.8 Å². The SMILES string of the molecule is Cc1ccccc1NC(=O)C1CCCC1N.Cl. The minimum atomic E-state index is -0.0143. The van der Waals surface area contributed by atoms with Crippen molar-refractivity contribution in [2.45, 2.75) is 32.2 Å². The Labute approximate surface area is 108 Å². The molecule has 0 saturated heterocycles. The zero-order chi connectivity index (χ0) is 11.5. The minimum absolute atomic E-state index is 0. The van der Waals surface area contributed by atoms with Crippen molar-refractivity contribution in [2.75, 3.05) is 5.32 Å². The van der Waals surface area contributed by atoms with Gasteiger partial charge in [0.2, 0.25) is 5.91 Å². The van der Waals surface area contributed by atoms with Crippen LogP contribution in [0.15, 0.2) is 24.3 Å². The van der Waals surface area contributed by atoms with E-state index in [0.717, 1.165) is 30.5 Å². The Hall–Kier alpha value is -1.06. The highest BCUT2D eigenvalue weighted by Crippen LogP contribution is 2.25. The highest BCUT2D eigenvalue weighted by molar-refractivity contribution is 5.93. The van der Waals surface area contributed by atoms with Crippen LogP contribution in [0.4, 0.5) is 5.69 Å². The standard InChI is InChI=1S/C13H18N2O.ClH/c1-9-5-2-3-8-12(9)15-13(16)10-6-4-7-11(10)14;/h2-3,5,8,10-11H,4,6-7,14H2,1H3,(H,15,16);1H. The summed E-state index contributed by atoms with van der Waals surface area (Å²) in [5.41, 5.74) is 7.89. The zero-order valence-corrected chi connectivity index (χ0v) is 10.8.